The molecular formula is C21H22N2O2. The lowest BCUT2D eigenvalue weighted by atomic mass is 10.1. The number of nitrogens with zero attached hydrogens (tertiary/aromatic N) is 1. The van der Waals surface area contributed by atoms with Crippen molar-refractivity contribution in [3.05, 3.63) is 82.3 Å². The first-order chi connectivity index (χ1) is 12.2. The van der Waals surface area contributed by atoms with Crippen LogP contribution in [0.5, 0.6) is 0 Å². The van der Waals surface area contributed by atoms with Gasteiger partial charge in [0.25, 0.3) is 11.5 Å². The monoisotopic (exact) mass is 334 g/mol. The summed E-state index contributed by atoms with van der Waals surface area (Å²) >= 11 is 0. The zero-order valence-corrected chi connectivity index (χ0v) is 14.4. The van der Waals surface area contributed by atoms with E-state index in [1.807, 2.05) is 60.7 Å². The Balaban J connectivity index is 1.95. The Bertz CT molecular complexity index is 930. The number of hydrogen-bond acceptors (Lipinski definition) is 2. The van der Waals surface area contributed by atoms with Crippen molar-refractivity contribution in [2.75, 3.05) is 0 Å². The Hall–Kier alpha value is -2.88. The minimum atomic E-state index is -0.220. The summed E-state index contributed by atoms with van der Waals surface area (Å²) in [4.78, 5) is 25.5. The first kappa shape index (κ1) is 17.0. The van der Waals surface area contributed by atoms with Crippen LogP contribution in [0.1, 0.15) is 35.8 Å². The molecule has 0 aliphatic rings. The Morgan fingerprint density at radius 2 is 1.76 bits per heavy atom. The molecule has 3 rings (SSSR count). The zero-order chi connectivity index (χ0) is 17.6. The second-order valence-corrected chi connectivity index (χ2v) is 6.10. The largest absolute Gasteiger partial charge is 0.347 e. The van der Waals surface area contributed by atoms with E-state index in [4.69, 9.17) is 0 Å². The van der Waals surface area contributed by atoms with Crippen LogP contribution in [0.4, 0.5) is 0 Å². The number of aromatic nitrogens is 1. The van der Waals surface area contributed by atoms with Crippen molar-refractivity contribution in [3.63, 3.8) is 0 Å². The van der Waals surface area contributed by atoms with Crippen molar-refractivity contribution in [2.45, 2.75) is 32.9 Å². The molecule has 0 saturated heterocycles. The third-order valence-electron chi connectivity index (χ3n) is 4.28. The molecule has 3 aromatic rings. The minimum absolute atomic E-state index is 0.101. The van der Waals surface area contributed by atoms with Crippen molar-refractivity contribution < 1.29 is 4.79 Å². The van der Waals surface area contributed by atoms with Crippen LogP contribution in [0.15, 0.2) is 65.5 Å². The second-order valence-electron chi connectivity index (χ2n) is 6.10. The van der Waals surface area contributed by atoms with Crippen molar-refractivity contribution in [1.82, 2.24) is 9.88 Å². The number of fused-ring (bicyclic) bond motifs is 1. The summed E-state index contributed by atoms with van der Waals surface area (Å²) in [6.07, 6.45) is 1.82. The highest BCUT2D eigenvalue weighted by atomic mass is 16.2. The van der Waals surface area contributed by atoms with Gasteiger partial charge in [0.05, 0.1) is 0 Å². The summed E-state index contributed by atoms with van der Waals surface area (Å²) < 4.78 is 1.60. The van der Waals surface area contributed by atoms with Gasteiger partial charge in [0.1, 0.15) is 5.69 Å². The Kier molecular flexibility index (Phi) is 5.29. The summed E-state index contributed by atoms with van der Waals surface area (Å²) in [6, 6.07) is 19.0. The Morgan fingerprint density at radius 1 is 1.04 bits per heavy atom. The van der Waals surface area contributed by atoms with E-state index in [-0.39, 0.29) is 11.5 Å². The molecule has 1 heterocycles. The molecule has 0 fully saturated rings. The summed E-state index contributed by atoms with van der Waals surface area (Å²) in [5.74, 6) is -0.220. The van der Waals surface area contributed by atoms with E-state index in [2.05, 4.69) is 12.2 Å². The maximum atomic E-state index is 12.8. The molecule has 0 saturated carbocycles. The molecule has 4 heteroatoms. The molecule has 0 atom stereocenters. The van der Waals surface area contributed by atoms with E-state index < -0.39 is 0 Å². The number of unbranched alkanes of at least 4 members (excludes halogenated alkanes) is 1. The van der Waals surface area contributed by atoms with Crippen molar-refractivity contribution >= 4 is 16.7 Å². The fourth-order valence-corrected chi connectivity index (χ4v) is 2.89. The lowest BCUT2D eigenvalue weighted by molar-refractivity contribution is 0.0940. The highest BCUT2D eigenvalue weighted by Gasteiger charge is 2.15. The van der Waals surface area contributed by atoms with Gasteiger partial charge in [0.2, 0.25) is 0 Å². The molecule has 1 aromatic heterocycles. The summed E-state index contributed by atoms with van der Waals surface area (Å²) in [7, 11) is 0. The maximum absolute atomic E-state index is 12.8. The van der Waals surface area contributed by atoms with Crippen LogP contribution in [0.2, 0.25) is 0 Å². The first-order valence-electron chi connectivity index (χ1n) is 8.65. The summed E-state index contributed by atoms with van der Waals surface area (Å²) in [5, 5.41) is 4.37. The van der Waals surface area contributed by atoms with Gasteiger partial charge in [-0.2, -0.15) is 0 Å². The highest BCUT2D eigenvalue weighted by Crippen LogP contribution is 2.13. The molecule has 0 bridgehead atoms. The second kappa shape index (κ2) is 7.79. The lowest BCUT2D eigenvalue weighted by Crippen LogP contribution is -2.32. The van der Waals surface area contributed by atoms with Gasteiger partial charge in [-0.3, -0.25) is 9.59 Å². The van der Waals surface area contributed by atoms with Gasteiger partial charge >= 0.3 is 0 Å². The van der Waals surface area contributed by atoms with Gasteiger partial charge in [0.15, 0.2) is 0 Å². The number of rotatable bonds is 6. The number of carbonyl (C=O) groups is 1. The third kappa shape index (κ3) is 3.79. The number of amides is 1. The lowest BCUT2D eigenvalue weighted by Gasteiger charge is -2.14. The van der Waals surface area contributed by atoms with Crippen LogP contribution in [0.3, 0.4) is 0 Å². The number of carbonyl (C=O) groups excluding carboxylic acids is 1. The van der Waals surface area contributed by atoms with Gasteiger partial charge in [-0.1, -0.05) is 61.9 Å². The van der Waals surface area contributed by atoms with Crippen molar-refractivity contribution in [3.8, 4) is 0 Å². The van der Waals surface area contributed by atoms with E-state index in [1.54, 1.807) is 4.57 Å². The van der Waals surface area contributed by atoms with Crippen molar-refractivity contribution in [2.24, 2.45) is 0 Å². The van der Waals surface area contributed by atoms with Crippen LogP contribution < -0.4 is 10.9 Å². The van der Waals surface area contributed by atoms with Crippen LogP contribution in [0.25, 0.3) is 10.8 Å². The molecular weight excluding hydrogens is 312 g/mol. The minimum Gasteiger partial charge on any atom is -0.347 e. The fourth-order valence-electron chi connectivity index (χ4n) is 2.89. The van der Waals surface area contributed by atoms with Crippen LogP contribution in [0, 0.1) is 0 Å². The number of nitrogens with one attached hydrogen (secondary N) is 1. The molecule has 0 spiro atoms. The van der Waals surface area contributed by atoms with Gasteiger partial charge in [0, 0.05) is 18.5 Å². The smallest absolute Gasteiger partial charge is 0.268 e. The van der Waals surface area contributed by atoms with Gasteiger partial charge in [-0.05, 0) is 29.5 Å². The SMILES string of the molecule is CCCCn1c(C(=O)NCc2ccccc2)cc2ccccc2c1=O. The van der Waals surface area contributed by atoms with Crippen LogP contribution in [-0.4, -0.2) is 10.5 Å². The molecule has 1 amide bonds. The highest BCUT2D eigenvalue weighted by molar-refractivity contribution is 5.96. The normalized spacial score (nSPS) is 10.8. The van der Waals surface area contributed by atoms with E-state index in [9.17, 15) is 9.59 Å². The predicted octanol–water partition coefficient (Wildman–Crippen LogP) is 3.73. The number of hydrogen-bond donors (Lipinski definition) is 1. The number of pyridine rings is 1. The van der Waals surface area contributed by atoms with Crippen molar-refractivity contribution in [1.29, 1.82) is 0 Å². The van der Waals surface area contributed by atoms with Gasteiger partial charge in [-0.25, -0.2) is 0 Å². The predicted molar refractivity (Wildman–Crippen MR) is 101 cm³/mol. The van der Waals surface area contributed by atoms with E-state index in [0.717, 1.165) is 23.8 Å². The standard InChI is InChI=1S/C21H22N2O2/c1-2-3-13-23-19(14-17-11-7-8-12-18(17)21(23)25)20(24)22-15-16-9-5-4-6-10-16/h4-12,14H,2-3,13,15H2,1H3,(H,22,24). The average Bonchev–Trinajstić information content (AvgIpc) is 2.66. The average molecular weight is 334 g/mol. The molecule has 128 valence electrons. The summed E-state index contributed by atoms with van der Waals surface area (Å²) in [5.41, 5.74) is 1.35. The molecule has 0 radical (unpaired) electrons. The number of benzene rings is 2. The Morgan fingerprint density at radius 3 is 2.52 bits per heavy atom. The van der Waals surface area contributed by atoms with E-state index in [0.29, 0.717) is 24.2 Å². The molecule has 25 heavy (non-hydrogen) atoms. The molecule has 0 unspecified atom stereocenters. The molecule has 1 N–H and O–H groups in total. The Labute approximate surface area is 147 Å². The first-order valence-corrected chi connectivity index (χ1v) is 8.65. The molecule has 4 nitrogen and oxygen atoms in total. The van der Waals surface area contributed by atoms with E-state index >= 15 is 0 Å². The van der Waals surface area contributed by atoms with Gasteiger partial charge < -0.3 is 9.88 Å². The van der Waals surface area contributed by atoms with Crippen LogP contribution in [-0.2, 0) is 13.1 Å². The molecule has 0 aliphatic carbocycles. The van der Waals surface area contributed by atoms with Gasteiger partial charge in [-0.15, -0.1) is 0 Å². The topological polar surface area (TPSA) is 51.1 Å². The molecule has 0 aliphatic heterocycles. The quantitative estimate of drug-likeness (QED) is 0.747. The zero-order valence-electron chi connectivity index (χ0n) is 14.4. The molecule has 2 aromatic carbocycles. The maximum Gasteiger partial charge on any atom is 0.268 e. The summed E-state index contributed by atoms with van der Waals surface area (Å²) in [6.45, 7) is 3.06. The fraction of sp³-hybridized carbons (Fsp3) is 0.238. The van der Waals surface area contributed by atoms with Crippen LogP contribution >= 0.6 is 0 Å². The third-order valence-corrected chi connectivity index (χ3v) is 4.28. The van der Waals surface area contributed by atoms with E-state index in [1.165, 1.54) is 0 Å².